The van der Waals surface area contributed by atoms with Gasteiger partial charge in [0.25, 0.3) is 11.8 Å². The Labute approximate surface area is 139 Å². The molecular weight excluding hydrogens is 304 g/mol. The Morgan fingerprint density at radius 2 is 1.79 bits per heavy atom. The normalized spacial score (nSPS) is 10.5. The van der Waals surface area contributed by atoms with Gasteiger partial charge in [-0.1, -0.05) is 18.2 Å². The van der Waals surface area contributed by atoms with Crippen LogP contribution in [-0.2, 0) is 7.05 Å². The molecule has 0 aliphatic carbocycles. The number of aromatic nitrogens is 2. The predicted molar refractivity (Wildman–Crippen MR) is 91.8 cm³/mol. The van der Waals surface area contributed by atoms with E-state index >= 15 is 0 Å². The highest BCUT2D eigenvalue weighted by Crippen LogP contribution is 2.17. The molecule has 122 valence electrons. The number of aryl methyl sites for hydroxylation is 1. The monoisotopic (exact) mass is 322 g/mol. The van der Waals surface area contributed by atoms with Gasteiger partial charge in [0.15, 0.2) is 0 Å². The van der Waals surface area contributed by atoms with Gasteiger partial charge in [0.1, 0.15) is 5.69 Å². The molecule has 2 heterocycles. The molecule has 0 saturated heterocycles. The molecule has 0 spiro atoms. The molecule has 0 aliphatic rings. The van der Waals surface area contributed by atoms with E-state index in [0.29, 0.717) is 24.3 Å². The van der Waals surface area contributed by atoms with E-state index in [0.717, 1.165) is 10.9 Å². The summed E-state index contributed by atoms with van der Waals surface area (Å²) < 4.78 is 1.86. The second-order valence-electron chi connectivity index (χ2n) is 5.40. The summed E-state index contributed by atoms with van der Waals surface area (Å²) in [5.74, 6) is -0.369. The summed E-state index contributed by atoms with van der Waals surface area (Å²) in [5.41, 5.74) is 2.10. The van der Waals surface area contributed by atoms with Gasteiger partial charge in [-0.2, -0.15) is 0 Å². The highest BCUT2D eigenvalue weighted by atomic mass is 16.2. The van der Waals surface area contributed by atoms with E-state index < -0.39 is 0 Å². The van der Waals surface area contributed by atoms with Crippen molar-refractivity contribution in [3.8, 4) is 0 Å². The minimum atomic E-state index is -0.207. The van der Waals surface area contributed by atoms with Gasteiger partial charge in [-0.05, 0) is 24.3 Å². The van der Waals surface area contributed by atoms with Crippen molar-refractivity contribution in [1.29, 1.82) is 0 Å². The SMILES string of the molecule is Cn1c(C(=O)NCCNC(=O)c2cccnc2)cc2ccccc21. The highest BCUT2D eigenvalue weighted by Gasteiger charge is 2.12. The molecule has 6 heteroatoms. The van der Waals surface area contributed by atoms with E-state index in [-0.39, 0.29) is 11.8 Å². The van der Waals surface area contributed by atoms with E-state index in [1.165, 1.54) is 6.20 Å². The molecule has 6 nitrogen and oxygen atoms in total. The first-order valence-corrected chi connectivity index (χ1v) is 7.67. The van der Waals surface area contributed by atoms with Gasteiger partial charge in [0, 0.05) is 43.4 Å². The number of benzene rings is 1. The summed E-state index contributed by atoms with van der Waals surface area (Å²) in [6.45, 7) is 0.704. The molecule has 3 aromatic rings. The minimum absolute atomic E-state index is 0.163. The van der Waals surface area contributed by atoms with Gasteiger partial charge in [-0.25, -0.2) is 0 Å². The van der Waals surface area contributed by atoms with E-state index in [9.17, 15) is 9.59 Å². The fourth-order valence-electron chi connectivity index (χ4n) is 2.55. The third-order valence-electron chi connectivity index (χ3n) is 3.80. The van der Waals surface area contributed by atoms with Crippen LogP contribution in [0.5, 0.6) is 0 Å². The van der Waals surface area contributed by atoms with Crippen LogP contribution < -0.4 is 10.6 Å². The Bertz CT molecular complexity index is 871. The van der Waals surface area contributed by atoms with Crippen LogP contribution in [0.3, 0.4) is 0 Å². The van der Waals surface area contributed by atoms with Gasteiger partial charge in [0.05, 0.1) is 5.56 Å². The van der Waals surface area contributed by atoms with Crippen molar-refractivity contribution >= 4 is 22.7 Å². The summed E-state index contributed by atoms with van der Waals surface area (Å²) in [7, 11) is 1.86. The summed E-state index contributed by atoms with van der Waals surface area (Å²) in [6.07, 6.45) is 3.12. The van der Waals surface area contributed by atoms with E-state index in [4.69, 9.17) is 0 Å². The molecule has 2 amide bonds. The van der Waals surface area contributed by atoms with Crippen molar-refractivity contribution in [1.82, 2.24) is 20.2 Å². The molecule has 0 atom stereocenters. The number of hydrogen-bond acceptors (Lipinski definition) is 3. The van der Waals surface area contributed by atoms with Crippen LogP contribution in [0.2, 0.25) is 0 Å². The second-order valence-corrected chi connectivity index (χ2v) is 5.40. The number of nitrogens with zero attached hydrogens (tertiary/aromatic N) is 2. The molecule has 0 fully saturated rings. The molecule has 1 aromatic carbocycles. The highest BCUT2D eigenvalue weighted by molar-refractivity contribution is 5.98. The molecule has 0 radical (unpaired) electrons. The maximum Gasteiger partial charge on any atom is 0.267 e. The Morgan fingerprint density at radius 1 is 1.04 bits per heavy atom. The molecule has 3 rings (SSSR count). The van der Waals surface area contributed by atoms with E-state index in [1.54, 1.807) is 18.3 Å². The third kappa shape index (κ3) is 3.27. The van der Waals surface area contributed by atoms with Crippen molar-refractivity contribution in [3.63, 3.8) is 0 Å². The molecule has 2 aromatic heterocycles. The zero-order valence-electron chi connectivity index (χ0n) is 13.3. The summed E-state index contributed by atoms with van der Waals surface area (Å²) in [6, 6.07) is 13.1. The number of amides is 2. The summed E-state index contributed by atoms with van der Waals surface area (Å²) in [5, 5.41) is 6.59. The Kier molecular flexibility index (Phi) is 4.56. The number of pyridine rings is 1. The van der Waals surface area contributed by atoms with Crippen molar-refractivity contribution in [2.24, 2.45) is 7.05 Å². The van der Waals surface area contributed by atoms with Crippen LogP contribution in [0, 0.1) is 0 Å². The number of hydrogen-bond donors (Lipinski definition) is 2. The fraction of sp³-hybridized carbons (Fsp3) is 0.167. The number of carbonyl (C=O) groups excluding carboxylic acids is 2. The van der Waals surface area contributed by atoms with Crippen LogP contribution in [0.25, 0.3) is 10.9 Å². The lowest BCUT2D eigenvalue weighted by Crippen LogP contribution is -2.35. The number of fused-ring (bicyclic) bond motifs is 1. The minimum Gasteiger partial charge on any atom is -0.350 e. The Balaban J connectivity index is 1.54. The van der Waals surface area contributed by atoms with Crippen LogP contribution in [0.15, 0.2) is 54.9 Å². The largest absolute Gasteiger partial charge is 0.350 e. The van der Waals surface area contributed by atoms with Crippen LogP contribution in [0.1, 0.15) is 20.8 Å². The zero-order valence-corrected chi connectivity index (χ0v) is 13.3. The molecule has 0 unspecified atom stereocenters. The lowest BCUT2D eigenvalue weighted by Gasteiger charge is -2.08. The first-order valence-electron chi connectivity index (χ1n) is 7.67. The van der Waals surface area contributed by atoms with Crippen LogP contribution in [0.4, 0.5) is 0 Å². The molecule has 24 heavy (non-hydrogen) atoms. The van der Waals surface area contributed by atoms with Crippen LogP contribution in [-0.4, -0.2) is 34.5 Å². The number of para-hydroxylation sites is 1. The number of carbonyl (C=O) groups is 2. The van der Waals surface area contributed by atoms with Crippen molar-refractivity contribution < 1.29 is 9.59 Å². The van der Waals surface area contributed by atoms with Gasteiger partial charge < -0.3 is 15.2 Å². The topological polar surface area (TPSA) is 76.0 Å². The van der Waals surface area contributed by atoms with Gasteiger partial charge >= 0.3 is 0 Å². The summed E-state index contributed by atoms with van der Waals surface area (Å²) in [4.78, 5) is 28.1. The van der Waals surface area contributed by atoms with Crippen molar-refractivity contribution in [2.45, 2.75) is 0 Å². The first kappa shape index (κ1) is 15.7. The third-order valence-corrected chi connectivity index (χ3v) is 3.80. The number of rotatable bonds is 5. The molecule has 2 N–H and O–H groups in total. The average Bonchev–Trinajstić information content (AvgIpc) is 2.96. The maximum atomic E-state index is 12.3. The molecule has 0 saturated carbocycles. The van der Waals surface area contributed by atoms with Crippen molar-refractivity contribution in [3.05, 3.63) is 66.1 Å². The van der Waals surface area contributed by atoms with E-state index in [1.807, 2.05) is 41.9 Å². The zero-order chi connectivity index (χ0) is 16.9. The van der Waals surface area contributed by atoms with E-state index in [2.05, 4.69) is 15.6 Å². The van der Waals surface area contributed by atoms with Crippen LogP contribution >= 0.6 is 0 Å². The molecule has 0 aliphatic heterocycles. The Hall–Kier alpha value is -3.15. The number of nitrogens with one attached hydrogen (secondary N) is 2. The fourth-order valence-corrected chi connectivity index (χ4v) is 2.55. The van der Waals surface area contributed by atoms with Gasteiger partial charge in [0.2, 0.25) is 0 Å². The van der Waals surface area contributed by atoms with Crippen molar-refractivity contribution in [2.75, 3.05) is 13.1 Å². The molecular formula is C18H18N4O2. The maximum absolute atomic E-state index is 12.3. The first-order chi connectivity index (χ1) is 11.7. The second kappa shape index (κ2) is 6.95. The lowest BCUT2D eigenvalue weighted by molar-refractivity contribution is 0.0923. The standard InChI is InChI=1S/C18H18N4O2/c1-22-15-7-3-2-5-13(15)11-16(22)18(24)21-10-9-20-17(23)14-6-4-8-19-12-14/h2-8,11-12H,9-10H2,1H3,(H,20,23)(H,21,24). The average molecular weight is 322 g/mol. The smallest absolute Gasteiger partial charge is 0.267 e. The van der Waals surface area contributed by atoms with Gasteiger partial charge in [-0.3, -0.25) is 14.6 Å². The predicted octanol–water partition coefficient (Wildman–Crippen LogP) is 1.73. The quantitative estimate of drug-likeness (QED) is 0.703. The summed E-state index contributed by atoms with van der Waals surface area (Å²) >= 11 is 0. The van der Waals surface area contributed by atoms with Gasteiger partial charge in [-0.15, -0.1) is 0 Å². The Morgan fingerprint density at radius 3 is 2.50 bits per heavy atom. The molecule has 0 bridgehead atoms. The lowest BCUT2D eigenvalue weighted by atomic mass is 10.2.